The molecule has 1 aliphatic rings. The van der Waals surface area contributed by atoms with Gasteiger partial charge in [-0.1, -0.05) is 25.1 Å². The van der Waals surface area contributed by atoms with Gasteiger partial charge < -0.3 is 10.2 Å². The van der Waals surface area contributed by atoms with Gasteiger partial charge >= 0.3 is 0 Å². The molecule has 146 valence electrons. The Morgan fingerprint density at radius 2 is 1.86 bits per heavy atom. The Bertz CT molecular complexity index is 1120. The number of hydrogen-bond acceptors (Lipinski definition) is 4. The summed E-state index contributed by atoms with van der Waals surface area (Å²) in [5.74, 6) is 0.0960. The van der Waals surface area contributed by atoms with Gasteiger partial charge in [0.25, 0.3) is 11.8 Å². The van der Waals surface area contributed by atoms with Crippen LogP contribution in [0.2, 0.25) is 0 Å². The first kappa shape index (κ1) is 18.7. The molecule has 0 bridgehead atoms. The van der Waals surface area contributed by atoms with Crippen LogP contribution in [0.3, 0.4) is 0 Å². The molecule has 0 spiro atoms. The van der Waals surface area contributed by atoms with Crippen LogP contribution in [0.25, 0.3) is 5.52 Å². The van der Waals surface area contributed by atoms with Crippen molar-refractivity contribution in [2.24, 2.45) is 5.92 Å². The Kier molecular flexibility index (Phi) is 5.00. The van der Waals surface area contributed by atoms with E-state index in [4.69, 9.17) is 0 Å². The topological polar surface area (TPSA) is 90.5 Å². The SMILES string of the molecule is CC1CCN(C(=O)c2nc(C(=O)Nc3ccccc3C#N)n3ccccc23)CC1. The first-order chi connectivity index (χ1) is 14.1. The average Bonchev–Trinajstić information content (AvgIpc) is 3.14. The number of amides is 2. The predicted molar refractivity (Wildman–Crippen MR) is 109 cm³/mol. The lowest BCUT2D eigenvalue weighted by molar-refractivity contribution is 0.0694. The second-order valence-electron chi connectivity index (χ2n) is 7.33. The number of anilines is 1. The maximum absolute atomic E-state index is 13.1. The summed E-state index contributed by atoms with van der Waals surface area (Å²) in [6.07, 6.45) is 3.65. The maximum Gasteiger partial charge on any atom is 0.292 e. The molecule has 29 heavy (non-hydrogen) atoms. The summed E-state index contributed by atoms with van der Waals surface area (Å²) in [6.45, 7) is 3.58. The van der Waals surface area contributed by atoms with E-state index < -0.39 is 5.91 Å². The Hall–Kier alpha value is -3.66. The van der Waals surface area contributed by atoms with Crippen molar-refractivity contribution in [1.82, 2.24) is 14.3 Å². The summed E-state index contributed by atoms with van der Waals surface area (Å²) in [5, 5.41) is 12.0. The van der Waals surface area contributed by atoms with Crippen LogP contribution in [0, 0.1) is 17.2 Å². The molecule has 0 unspecified atom stereocenters. The second kappa shape index (κ2) is 7.76. The number of likely N-dealkylation sites (tertiary alicyclic amines) is 1. The lowest BCUT2D eigenvalue weighted by Gasteiger charge is -2.29. The second-order valence-corrected chi connectivity index (χ2v) is 7.33. The van der Waals surface area contributed by atoms with Crippen LogP contribution in [-0.4, -0.2) is 39.2 Å². The van der Waals surface area contributed by atoms with Crippen molar-refractivity contribution < 1.29 is 9.59 Å². The van der Waals surface area contributed by atoms with Crippen molar-refractivity contribution in [3.63, 3.8) is 0 Å². The van der Waals surface area contributed by atoms with Crippen LogP contribution in [0.15, 0.2) is 48.7 Å². The van der Waals surface area contributed by atoms with Gasteiger partial charge in [0.15, 0.2) is 5.69 Å². The number of para-hydroxylation sites is 1. The van der Waals surface area contributed by atoms with E-state index in [2.05, 4.69) is 23.3 Å². The van der Waals surface area contributed by atoms with Crippen LogP contribution in [0.5, 0.6) is 0 Å². The minimum absolute atomic E-state index is 0.113. The third kappa shape index (κ3) is 3.57. The van der Waals surface area contributed by atoms with E-state index in [9.17, 15) is 14.9 Å². The number of carbonyl (C=O) groups excluding carboxylic acids is 2. The largest absolute Gasteiger partial charge is 0.337 e. The number of imidazole rings is 1. The Morgan fingerprint density at radius 3 is 2.62 bits per heavy atom. The summed E-state index contributed by atoms with van der Waals surface area (Å²) < 4.78 is 1.62. The summed E-state index contributed by atoms with van der Waals surface area (Å²) in [4.78, 5) is 32.2. The third-order valence-electron chi connectivity index (χ3n) is 5.32. The van der Waals surface area contributed by atoms with Gasteiger partial charge in [-0.15, -0.1) is 0 Å². The molecule has 0 radical (unpaired) electrons. The highest BCUT2D eigenvalue weighted by Gasteiger charge is 2.27. The molecule has 1 aromatic carbocycles. The molecule has 7 heteroatoms. The van der Waals surface area contributed by atoms with E-state index in [0.717, 1.165) is 12.8 Å². The lowest BCUT2D eigenvalue weighted by Crippen LogP contribution is -2.38. The molecule has 0 atom stereocenters. The van der Waals surface area contributed by atoms with E-state index >= 15 is 0 Å². The number of benzene rings is 1. The van der Waals surface area contributed by atoms with Crippen molar-refractivity contribution >= 4 is 23.0 Å². The van der Waals surface area contributed by atoms with Crippen LogP contribution in [0.1, 0.15) is 46.4 Å². The number of hydrogen-bond donors (Lipinski definition) is 1. The number of nitriles is 1. The zero-order valence-electron chi connectivity index (χ0n) is 16.1. The highest BCUT2D eigenvalue weighted by molar-refractivity contribution is 6.06. The van der Waals surface area contributed by atoms with Gasteiger partial charge in [0.1, 0.15) is 6.07 Å². The number of rotatable bonds is 3. The van der Waals surface area contributed by atoms with Gasteiger partial charge in [0.2, 0.25) is 5.82 Å². The van der Waals surface area contributed by atoms with Crippen molar-refractivity contribution in [2.75, 3.05) is 18.4 Å². The van der Waals surface area contributed by atoms with E-state index in [1.54, 1.807) is 47.0 Å². The zero-order chi connectivity index (χ0) is 20.4. The number of nitrogens with zero attached hydrogens (tertiary/aromatic N) is 4. The van der Waals surface area contributed by atoms with Crippen molar-refractivity contribution in [1.29, 1.82) is 5.26 Å². The van der Waals surface area contributed by atoms with Gasteiger partial charge in [-0.3, -0.25) is 14.0 Å². The number of piperidine rings is 1. The Morgan fingerprint density at radius 1 is 1.14 bits per heavy atom. The summed E-state index contributed by atoms with van der Waals surface area (Å²) in [7, 11) is 0. The van der Waals surface area contributed by atoms with Crippen LogP contribution >= 0.6 is 0 Å². The zero-order valence-corrected chi connectivity index (χ0v) is 16.1. The van der Waals surface area contributed by atoms with Gasteiger partial charge in [-0.25, -0.2) is 4.98 Å². The molecular weight excluding hydrogens is 366 g/mol. The number of aromatic nitrogens is 2. The first-order valence-electron chi connectivity index (χ1n) is 9.65. The van der Waals surface area contributed by atoms with Gasteiger partial charge in [0.05, 0.1) is 16.8 Å². The fourth-order valence-corrected chi connectivity index (χ4v) is 3.58. The first-order valence-corrected chi connectivity index (χ1v) is 9.65. The van der Waals surface area contributed by atoms with E-state index in [-0.39, 0.29) is 17.4 Å². The molecule has 0 aliphatic carbocycles. The smallest absolute Gasteiger partial charge is 0.292 e. The molecule has 1 saturated heterocycles. The molecule has 4 rings (SSSR count). The van der Waals surface area contributed by atoms with Crippen molar-refractivity contribution in [2.45, 2.75) is 19.8 Å². The molecule has 2 amide bonds. The fourth-order valence-electron chi connectivity index (χ4n) is 3.58. The maximum atomic E-state index is 13.1. The molecular formula is C22H21N5O2. The van der Waals surface area contributed by atoms with Gasteiger partial charge in [-0.2, -0.15) is 5.26 Å². The lowest BCUT2D eigenvalue weighted by atomic mass is 9.99. The van der Waals surface area contributed by atoms with E-state index in [0.29, 0.717) is 35.8 Å². The van der Waals surface area contributed by atoms with Gasteiger partial charge in [-0.05, 0) is 43.0 Å². The number of fused-ring (bicyclic) bond motifs is 1. The average molecular weight is 387 g/mol. The van der Waals surface area contributed by atoms with Crippen molar-refractivity contribution in [3.8, 4) is 6.07 Å². The minimum Gasteiger partial charge on any atom is -0.337 e. The van der Waals surface area contributed by atoms with Gasteiger partial charge in [0, 0.05) is 19.3 Å². The quantitative estimate of drug-likeness (QED) is 0.746. The Balaban J connectivity index is 1.68. The molecule has 1 N–H and O–H groups in total. The van der Waals surface area contributed by atoms with Crippen LogP contribution < -0.4 is 5.32 Å². The summed E-state index contributed by atoms with van der Waals surface area (Å²) in [5.41, 5.74) is 1.64. The van der Waals surface area contributed by atoms with E-state index in [1.807, 2.05) is 11.0 Å². The number of nitrogens with one attached hydrogen (secondary N) is 1. The molecule has 1 fully saturated rings. The van der Waals surface area contributed by atoms with Crippen molar-refractivity contribution in [3.05, 3.63) is 65.7 Å². The highest BCUT2D eigenvalue weighted by Crippen LogP contribution is 2.22. The molecule has 3 heterocycles. The monoisotopic (exact) mass is 387 g/mol. The fraction of sp³-hybridized carbons (Fsp3) is 0.273. The third-order valence-corrected chi connectivity index (χ3v) is 5.32. The highest BCUT2D eigenvalue weighted by atomic mass is 16.2. The summed E-state index contributed by atoms with van der Waals surface area (Å²) >= 11 is 0. The number of carbonyl (C=O) groups is 2. The molecule has 3 aromatic rings. The molecule has 7 nitrogen and oxygen atoms in total. The summed E-state index contributed by atoms with van der Waals surface area (Å²) in [6, 6.07) is 14.2. The Labute approximate surface area is 168 Å². The number of pyridine rings is 1. The normalized spacial score (nSPS) is 14.6. The molecule has 2 aromatic heterocycles. The standard InChI is InChI=1S/C22H21N5O2/c1-15-9-12-26(13-10-15)22(29)19-18-8-4-5-11-27(18)20(25-19)21(28)24-17-7-3-2-6-16(17)14-23/h2-8,11,15H,9-10,12-13H2,1H3,(H,24,28). The predicted octanol–water partition coefficient (Wildman–Crippen LogP) is 3.33. The van der Waals surface area contributed by atoms with Crippen LogP contribution in [0.4, 0.5) is 5.69 Å². The van der Waals surface area contributed by atoms with Crippen LogP contribution in [-0.2, 0) is 0 Å². The van der Waals surface area contributed by atoms with E-state index in [1.165, 1.54) is 0 Å². The molecule has 0 saturated carbocycles. The molecule has 1 aliphatic heterocycles. The minimum atomic E-state index is -0.472.